The zero-order valence-corrected chi connectivity index (χ0v) is 28.3. The van der Waals surface area contributed by atoms with E-state index < -0.39 is 42.0 Å². The molecule has 5 heterocycles. The number of aromatic hydroxyl groups is 1. The van der Waals surface area contributed by atoms with E-state index in [2.05, 4.69) is 15.9 Å². The summed E-state index contributed by atoms with van der Waals surface area (Å²) in [6.07, 6.45) is 0.624. The first-order valence-corrected chi connectivity index (χ1v) is 16.4. The van der Waals surface area contributed by atoms with Crippen LogP contribution in [0.3, 0.4) is 0 Å². The van der Waals surface area contributed by atoms with Gasteiger partial charge in [0.2, 0.25) is 6.79 Å². The Morgan fingerprint density at radius 2 is 1.67 bits per heavy atom. The number of ether oxygens (including phenoxy) is 4. The largest absolute Gasteiger partial charge is 0.504 e. The highest BCUT2D eigenvalue weighted by molar-refractivity contribution is 6.32. The first-order chi connectivity index (χ1) is 23.5. The first-order valence-electron chi connectivity index (χ1n) is 16.0. The van der Waals surface area contributed by atoms with Crippen molar-refractivity contribution in [1.82, 2.24) is 14.7 Å². The lowest BCUT2D eigenvalue weighted by Crippen LogP contribution is -2.69. The van der Waals surface area contributed by atoms with Crippen LogP contribution in [-0.4, -0.2) is 83.2 Å². The number of likely N-dealkylation sites (N-methyl/N-ethyl adjacent to an activating group) is 1. The summed E-state index contributed by atoms with van der Waals surface area (Å²) in [5.74, 6) is -0.0560. The minimum Gasteiger partial charge on any atom is -0.504 e. The molecule has 13 heteroatoms. The van der Waals surface area contributed by atoms with Crippen molar-refractivity contribution >= 4 is 29.4 Å². The molecule has 0 saturated carbocycles. The van der Waals surface area contributed by atoms with Crippen LogP contribution in [0, 0.1) is 25.2 Å². The van der Waals surface area contributed by atoms with Gasteiger partial charge in [-0.3, -0.25) is 29.1 Å². The molecule has 3 aromatic carbocycles. The molecule has 2 bridgehead atoms. The van der Waals surface area contributed by atoms with Crippen LogP contribution in [0.1, 0.15) is 73.1 Å². The standard InChI is InChI=1S/C36H33ClN4O8/c1-15-28(37)20-10-22-24(12-38)41-23(29(39(22)4)27(20)30(43)32(15)46-5)11-21-26(34-33(47-14-48-34)16(2)31(21)49-17(3)42)25(41)13-40-35(44)18-8-6-7-9-19(18)36(40)45/h6-9,22-25,29,43H,10-11,13-14H2,1-5H3/t22-,23+,24+,25+,29?/m1/s1. The number of amides is 2. The van der Waals surface area contributed by atoms with Gasteiger partial charge in [-0.15, -0.1) is 0 Å². The van der Waals surface area contributed by atoms with E-state index in [1.807, 2.05) is 7.05 Å². The fourth-order valence-corrected chi connectivity index (χ4v) is 9.15. The van der Waals surface area contributed by atoms with Crippen LogP contribution in [0.4, 0.5) is 0 Å². The van der Waals surface area contributed by atoms with Crippen LogP contribution < -0.4 is 18.9 Å². The smallest absolute Gasteiger partial charge is 0.308 e. The average molecular weight is 685 g/mol. The number of hydrogen-bond acceptors (Lipinski definition) is 11. The van der Waals surface area contributed by atoms with Crippen LogP contribution in [0.5, 0.6) is 28.7 Å². The molecule has 1 fully saturated rings. The second-order valence-corrected chi connectivity index (χ2v) is 13.6. The molecule has 5 aliphatic rings. The third kappa shape index (κ3) is 4.19. The number of nitrogens with zero attached hydrogens (tertiary/aromatic N) is 4. The average Bonchev–Trinajstić information content (AvgIpc) is 3.66. The van der Waals surface area contributed by atoms with E-state index in [9.17, 15) is 24.8 Å². The maximum atomic E-state index is 13.8. The van der Waals surface area contributed by atoms with Gasteiger partial charge in [0.25, 0.3) is 11.8 Å². The summed E-state index contributed by atoms with van der Waals surface area (Å²) >= 11 is 6.98. The van der Waals surface area contributed by atoms with E-state index in [4.69, 9.17) is 30.5 Å². The highest BCUT2D eigenvalue weighted by Crippen LogP contribution is 2.59. The second kappa shape index (κ2) is 11.1. The van der Waals surface area contributed by atoms with Gasteiger partial charge in [0.05, 0.1) is 41.4 Å². The topological polar surface area (TPSA) is 142 Å². The maximum absolute atomic E-state index is 13.8. The van der Waals surface area contributed by atoms with Crippen molar-refractivity contribution in [2.75, 3.05) is 27.5 Å². The van der Waals surface area contributed by atoms with Gasteiger partial charge in [-0.1, -0.05) is 23.7 Å². The molecule has 12 nitrogen and oxygen atoms in total. The Kier molecular flexibility index (Phi) is 7.12. The number of hydrogen-bond donors (Lipinski definition) is 1. The number of fused-ring (bicyclic) bond motifs is 10. The Morgan fingerprint density at radius 1 is 1.02 bits per heavy atom. The van der Waals surface area contributed by atoms with E-state index in [0.29, 0.717) is 67.6 Å². The normalized spacial score (nSPS) is 24.9. The fraction of sp³-hybridized carbons (Fsp3) is 0.389. The van der Waals surface area contributed by atoms with Crippen molar-refractivity contribution in [2.45, 2.75) is 63.8 Å². The lowest BCUT2D eigenvalue weighted by atomic mass is 9.71. The monoisotopic (exact) mass is 684 g/mol. The van der Waals surface area contributed by atoms with Crippen LogP contribution in [0.25, 0.3) is 0 Å². The minimum atomic E-state index is -0.781. The Morgan fingerprint density at radius 3 is 2.31 bits per heavy atom. The van der Waals surface area contributed by atoms with E-state index in [0.717, 1.165) is 5.56 Å². The highest BCUT2D eigenvalue weighted by atomic mass is 35.5. The summed E-state index contributed by atoms with van der Waals surface area (Å²) in [4.78, 5) is 45.6. The predicted octanol–water partition coefficient (Wildman–Crippen LogP) is 4.39. The van der Waals surface area contributed by atoms with E-state index in [-0.39, 0.29) is 37.3 Å². The molecular weight excluding hydrogens is 652 g/mol. The molecule has 1 unspecified atom stereocenters. The van der Waals surface area contributed by atoms with Crippen molar-refractivity contribution in [2.24, 2.45) is 0 Å². The third-order valence-corrected chi connectivity index (χ3v) is 11.4. The van der Waals surface area contributed by atoms with Gasteiger partial charge in [-0.25, -0.2) is 0 Å². The van der Waals surface area contributed by atoms with E-state index >= 15 is 0 Å². The number of imide groups is 1. The number of carbonyl (C=O) groups excluding carboxylic acids is 3. The van der Waals surface area contributed by atoms with Crippen LogP contribution in [0.2, 0.25) is 5.02 Å². The highest BCUT2D eigenvalue weighted by Gasteiger charge is 2.58. The number of phenolic OH excluding ortho intramolecular Hbond substituents is 1. The summed E-state index contributed by atoms with van der Waals surface area (Å²) in [7, 11) is 3.40. The van der Waals surface area contributed by atoms with Gasteiger partial charge < -0.3 is 24.1 Å². The molecule has 0 spiro atoms. The third-order valence-electron chi connectivity index (χ3n) is 10.9. The molecule has 0 radical (unpaired) electrons. The number of halogens is 1. The molecule has 5 aliphatic heterocycles. The predicted molar refractivity (Wildman–Crippen MR) is 174 cm³/mol. The summed E-state index contributed by atoms with van der Waals surface area (Å²) < 4.78 is 23.5. The van der Waals surface area contributed by atoms with Crippen molar-refractivity contribution < 1.29 is 38.4 Å². The van der Waals surface area contributed by atoms with Crippen molar-refractivity contribution in [3.05, 3.63) is 73.8 Å². The Labute approximate surface area is 287 Å². The molecule has 1 saturated heterocycles. The van der Waals surface area contributed by atoms with Crippen molar-refractivity contribution in [1.29, 1.82) is 5.26 Å². The quantitative estimate of drug-likeness (QED) is 0.238. The number of carbonyl (C=O) groups is 3. The molecule has 5 atom stereocenters. The number of benzene rings is 3. The molecule has 8 rings (SSSR count). The molecule has 2 amide bonds. The van der Waals surface area contributed by atoms with Gasteiger partial charge in [0.15, 0.2) is 23.0 Å². The number of piperazine rings is 1. The number of methoxy groups -OCH3 is 1. The number of rotatable bonds is 4. The molecule has 0 aromatic heterocycles. The van der Waals surface area contributed by atoms with Gasteiger partial charge in [0.1, 0.15) is 11.8 Å². The van der Waals surface area contributed by atoms with Crippen LogP contribution in [0.15, 0.2) is 24.3 Å². The lowest BCUT2D eigenvalue weighted by molar-refractivity contribution is -0.132. The first kappa shape index (κ1) is 31.4. The Hall–Kier alpha value is -4.83. The molecule has 0 aliphatic carbocycles. The summed E-state index contributed by atoms with van der Waals surface area (Å²) in [6, 6.07) is 6.28. The van der Waals surface area contributed by atoms with Gasteiger partial charge in [0, 0.05) is 53.4 Å². The van der Waals surface area contributed by atoms with Crippen molar-refractivity contribution in [3.63, 3.8) is 0 Å². The Balaban J connectivity index is 1.39. The summed E-state index contributed by atoms with van der Waals surface area (Å²) in [5, 5.41) is 23.2. The minimum absolute atomic E-state index is 0.0326. The van der Waals surface area contributed by atoms with Crippen LogP contribution in [-0.2, 0) is 17.6 Å². The molecule has 49 heavy (non-hydrogen) atoms. The molecular formula is C36H33ClN4O8. The molecule has 1 N–H and O–H groups in total. The molecule has 3 aromatic rings. The van der Waals surface area contributed by atoms with Gasteiger partial charge >= 0.3 is 5.97 Å². The molecule has 252 valence electrons. The summed E-state index contributed by atoms with van der Waals surface area (Å²) in [5.41, 5.74) is 4.35. The zero-order valence-electron chi connectivity index (χ0n) is 27.5. The number of esters is 1. The van der Waals surface area contributed by atoms with Crippen molar-refractivity contribution in [3.8, 4) is 34.8 Å². The van der Waals surface area contributed by atoms with Gasteiger partial charge in [-0.05, 0) is 51.4 Å². The number of nitriles is 1. The Bertz CT molecular complexity index is 2020. The maximum Gasteiger partial charge on any atom is 0.308 e. The SMILES string of the molecule is COc1c(C)c(Cl)c2c(c1O)C1[C@@H]3Cc4c(OC(C)=O)c(C)c5c(c4[C@H](CN4C(=O)c6ccccc6C4=O)N3[C@@H](C#N)[C@@H](C2)N1C)OCO5. The summed E-state index contributed by atoms with van der Waals surface area (Å²) in [6.45, 7) is 4.69. The second-order valence-electron chi connectivity index (χ2n) is 13.2. The number of phenols is 1. The fourth-order valence-electron chi connectivity index (χ4n) is 8.88. The lowest BCUT2D eigenvalue weighted by Gasteiger charge is -2.60. The zero-order chi connectivity index (χ0) is 34.6. The van der Waals surface area contributed by atoms with E-state index in [1.54, 1.807) is 38.1 Å². The van der Waals surface area contributed by atoms with E-state index in [1.165, 1.54) is 18.9 Å². The van der Waals surface area contributed by atoms with Gasteiger partial charge in [-0.2, -0.15) is 5.26 Å². The van der Waals surface area contributed by atoms with Crippen LogP contribution >= 0.6 is 11.6 Å².